The van der Waals surface area contributed by atoms with E-state index in [1.54, 1.807) is 17.1 Å². The average molecular weight is 234 g/mol. The Morgan fingerprint density at radius 2 is 2.29 bits per heavy atom. The van der Waals surface area contributed by atoms with Crippen LogP contribution in [-0.2, 0) is 13.6 Å². The zero-order valence-corrected chi connectivity index (χ0v) is 10.4. The standard InChI is InChI=1S/C11H18N6/c1-7(2)10-9(12)11(17(3)16-10)15-6-8-13-4-5-14-8/h4-5,7,15H,6,12H2,1-3H3,(H,13,14). The Hall–Kier alpha value is -1.98. The highest BCUT2D eigenvalue weighted by atomic mass is 15.3. The van der Waals surface area contributed by atoms with Gasteiger partial charge in [-0.05, 0) is 5.92 Å². The summed E-state index contributed by atoms with van der Waals surface area (Å²) in [5.74, 6) is 2.03. The van der Waals surface area contributed by atoms with Crippen molar-refractivity contribution in [1.82, 2.24) is 19.7 Å². The number of nitrogens with one attached hydrogen (secondary N) is 2. The molecule has 17 heavy (non-hydrogen) atoms. The van der Waals surface area contributed by atoms with Gasteiger partial charge in [0.2, 0.25) is 0 Å². The van der Waals surface area contributed by atoms with Crippen LogP contribution in [0, 0.1) is 0 Å². The van der Waals surface area contributed by atoms with Crippen LogP contribution < -0.4 is 11.1 Å². The number of aromatic amines is 1. The fourth-order valence-corrected chi connectivity index (χ4v) is 1.76. The lowest BCUT2D eigenvalue weighted by Crippen LogP contribution is -2.07. The molecule has 0 atom stereocenters. The van der Waals surface area contributed by atoms with Crippen molar-refractivity contribution in [3.8, 4) is 0 Å². The summed E-state index contributed by atoms with van der Waals surface area (Å²) in [5, 5.41) is 7.65. The van der Waals surface area contributed by atoms with E-state index in [-0.39, 0.29) is 0 Å². The van der Waals surface area contributed by atoms with Crippen LogP contribution in [-0.4, -0.2) is 19.7 Å². The van der Waals surface area contributed by atoms with Gasteiger partial charge < -0.3 is 16.0 Å². The van der Waals surface area contributed by atoms with Crippen molar-refractivity contribution >= 4 is 11.5 Å². The number of hydrogen-bond donors (Lipinski definition) is 3. The molecule has 0 bridgehead atoms. The lowest BCUT2D eigenvalue weighted by Gasteiger charge is -2.06. The summed E-state index contributed by atoms with van der Waals surface area (Å²) in [6, 6.07) is 0. The molecule has 0 fully saturated rings. The second-order valence-corrected chi connectivity index (χ2v) is 4.32. The maximum absolute atomic E-state index is 6.07. The van der Waals surface area contributed by atoms with E-state index in [1.807, 2.05) is 7.05 Å². The van der Waals surface area contributed by atoms with Gasteiger partial charge in [-0.2, -0.15) is 5.10 Å². The number of rotatable bonds is 4. The van der Waals surface area contributed by atoms with E-state index in [0.717, 1.165) is 17.3 Å². The minimum atomic E-state index is 0.320. The van der Waals surface area contributed by atoms with E-state index in [9.17, 15) is 0 Å². The third-order valence-corrected chi connectivity index (χ3v) is 2.64. The number of nitrogens with two attached hydrogens (primary N) is 1. The number of H-pyrrole nitrogens is 1. The summed E-state index contributed by atoms with van der Waals surface area (Å²) in [6.07, 6.45) is 3.52. The Balaban J connectivity index is 2.15. The van der Waals surface area contributed by atoms with Gasteiger partial charge in [-0.15, -0.1) is 0 Å². The summed E-state index contributed by atoms with van der Waals surface area (Å²) >= 11 is 0. The van der Waals surface area contributed by atoms with Crippen molar-refractivity contribution in [1.29, 1.82) is 0 Å². The van der Waals surface area contributed by atoms with Crippen molar-refractivity contribution in [2.24, 2.45) is 7.05 Å². The van der Waals surface area contributed by atoms with Gasteiger partial charge in [0.25, 0.3) is 0 Å². The number of nitrogen functional groups attached to an aromatic ring is 1. The van der Waals surface area contributed by atoms with Gasteiger partial charge in [-0.25, -0.2) is 4.98 Å². The first-order valence-electron chi connectivity index (χ1n) is 5.64. The Morgan fingerprint density at radius 1 is 1.53 bits per heavy atom. The normalized spacial score (nSPS) is 11.1. The SMILES string of the molecule is CC(C)c1nn(C)c(NCc2ncc[nH]2)c1N. The molecule has 0 aliphatic rings. The average Bonchev–Trinajstić information content (AvgIpc) is 2.86. The summed E-state index contributed by atoms with van der Waals surface area (Å²) < 4.78 is 1.77. The number of aryl methyl sites for hydroxylation is 1. The molecule has 0 unspecified atom stereocenters. The van der Waals surface area contributed by atoms with E-state index >= 15 is 0 Å². The van der Waals surface area contributed by atoms with Gasteiger partial charge in [0.15, 0.2) is 0 Å². The maximum Gasteiger partial charge on any atom is 0.148 e. The quantitative estimate of drug-likeness (QED) is 0.747. The minimum Gasteiger partial charge on any atom is -0.394 e. The third-order valence-electron chi connectivity index (χ3n) is 2.64. The highest BCUT2D eigenvalue weighted by Gasteiger charge is 2.15. The number of anilines is 2. The Morgan fingerprint density at radius 3 is 2.82 bits per heavy atom. The molecule has 0 amide bonds. The van der Waals surface area contributed by atoms with E-state index in [2.05, 4.69) is 34.2 Å². The predicted molar refractivity (Wildman–Crippen MR) is 67.6 cm³/mol. The van der Waals surface area contributed by atoms with Gasteiger partial charge in [-0.1, -0.05) is 13.8 Å². The highest BCUT2D eigenvalue weighted by molar-refractivity contribution is 5.65. The molecule has 2 rings (SSSR count). The molecule has 6 heteroatoms. The molecule has 0 radical (unpaired) electrons. The third kappa shape index (κ3) is 2.25. The van der Waals surface area contributed by atoms with Crippen LogP contribution in [0.2, 0.25) is 0 Å². The molecule has 2 aromatic rings. The molecular weight excluding hydrogens is 216 g/mol. The molecular formula is C11H18N6. The van der Waals surface area contributed by atoms with E-state index in [4.69, 9.17) is 5.73 Å². The molecule has 92 valence electrons. The van der Waals surface area contributed by atoms with Crippen LogP contribution in [0.1, 0.15) is 31.3 Å². The van der Waals surface area contributed by atoms with Crippen molar-refractivity contribution in [3.63, 3.8) is 0 Å². The molecule has 0 saturated heterocycles. The topological polar surface area (TPSA) is 84.5 Å². The fourth-order valence-electron chi connectivity index (χ4n) is 1.76. The van der Waals surface area contributed by atoms with Crippen LogP contribution in [0.3, 0.4) is 0 Å². The smallest absolute Gasteiger partial charge is 0.148 e. The lowest BCUT2D eigenvalue weighted by molar-refractivity contribution is 0.714. The molecule has 0 aromatic carbocycles. The first kappa shape index (κ1) is 11.5. The molecule has 4 N–H and O–H groups in total. The predicted octanol–water partition coefficient (Wildman–Crippen LogP) is 1.46. The van der Waals surface area contributed by atoms with Gasteiger partial charge in [0.05, 0.1) is 17.9 Å². The van der Waals surface area contributed by atoms with Crippen LogP contribution in [0.5, 0.6) is 0 Å². The summed E-state index contributed by atoms with van der Waals surface area (Å²) in [5.41, 5.74) is 7.71. The van der Waals surface area contributed by atoms with E-state index in [0.29, 0.717) is 18.2 Å². The maximum atomic E-state index is 6.07. The van der Waals surface area contributed by atoms with Gasteiger partial charge in [-0.3, -0.25) is 4.68 Å². The summed E-state index contributed by atoms with van der Waals surface area (Å²) in [4.78, 5) is 7.18. The largest absolute Gasteiger partial charge is 0.394 e. The van der Waals surface area contributed by atoms with Crippen molar-refractivity contribution < 1.29 is 0 Å². The summed E-state index contributed by atoms with van der Waals surface area (Å²) in [6.45, 7) is 4.76. The zero-order valence-electron chi connectivity index (χ0n) is 10.4. The number of nitrogens with zero attached hydrogens (tertiary/aromatic N) is 3. The van der Waals surface area contributed by atoms with Crippen LogP contribution in [0.4, 0.5) is 11.5 Å². The monoisotopic (exact) mass is 234 g/mol. The van der Waals surface area contributed by atoms with E-state index in [1.165, 1.54) is 0 Å². The van der Waals surface area contributed by atoms with Crippen molar-refractivity contribution in [2.45, 2.75) is 26.3 Å². The second kappa shape index (κ2) is 4.48. The van der Waals surface area contributed by atoms with E-state index < -0.39 is 0 Å². The number of imidazole rings is 1. The van der Waals surface area contributed by atoms with Crippen molar-refractivity contribution in [3.05, 3.63) is 23.9 Å². The van der Waals surface area contributed by atoms with Crippen LogP contribution in [0.15, 0.2) is 12.4 Å². The highest BCUT2D eigenvalue weighted by Crippen LogP contribution is 2.27. The number of aromatic nitrogens is 4. The fraction of sp³-hybridized carbons (Fsp3) is 0.455. The lowest BCUT2D eigenvalue weighted by atomic mass is 10.1. The van der Waals surface area contributed by atoms with Crippen molar-refractivity contribution in [2.75, 3.05) is 11.1 Å². The van der Waals surface area contributed by atoms with Gasteiger partial charge in [0, 0.05) is 19.4 Å². The minimum absolute atomic E-state index is 0.320. The molecule has 2 aromatic heterocycles. The first-order chi connectivity index (χ1) is 8.09. The Kier molecular flexibility index (Phi) is 3.03. The molecule has 0 aliphatic heterocycles. The molecule has 6 nitrogen and oxygen atoms in total. The number of hydrogen-bond acceptors (Lipinski definition) is 4. The Bertz CT molecular complexity index is 482. The molecule has 0 saturated carbocycles. The first-order valence-corrected chi connectivity index (χ1v) is 5.64. The zero-order chi connectivity index (χ0) is 12.4. The van der Waals surface area contributed by atoms with Gasteiger partial charge in [0.1, 0.15) is 11.6 Å². The molecule has 2 heterocycles. The van der Waals surface area contributed by atoms with Crippen LogP contribution >= 0.6 is 0 Å². The van der Waals surface area contributed by atoms with Gasteiger partial charge >= 0.3 is 0 Å². The molecule has 0 spiro atoms. The molecule has 0 aliphatic carbocycles. The van der Waals surface area contributed by atoms with Crippen LogP contribution in [0.25, 0.3) is 0 Å². The second-order valence-electron chi connectivity index (χ2n) is 4.32. The Labute approximate surface area is 100 Å². The summed E-state index contributed by atoms with van der Waals surface area (Å²) in [7, 11) is 1.88.